The first-order chi connectivity index (χ1) is 19.6. The third kappa shape index (κ3) is 5.56. The van der Waals surface area contributed by atoms with E-state index in [0.29, 0.717) is 41.3 Å². The number of hydrogen-bond acceptors (Lipinski definition) is 7. The van der Waals surface area contributed by atoms with Gasteiger partial charge in [-0.3, -0.25) is 0 Å². The van der Waals surface area contributed by atoms with E-state index in [1.165, 1.54) is 51.2 Å². The minimum Gasteiger partial charge on any atom is -0.458 e. The number of carbonyl (C=O) groups is 1. The Morgan fingerprint density at radius 3 is 2.41 bits per heavy atom. The van der Waals surface area contributed by atoms with E-state index in [-0.39, 0.29) is 31.3 Å². The maximum Gasteiger partial charge on any atom is 0.355 e. The van der Waals surface area contributed by atoms with E-state index in [1.54, 1.807) is 35.4 Å². The van der Waals surface area contributed by atoms with Crippen LogP contribution >= 0.6 is 45.2 Å². The van der Waals surface area contributed by atoms with Crippen LogP contribution in [0.4, 0.5) is 24.9 Å². The lowest BCUT2D eigenvalue weighted by atomic mass is 9.90. The summed E-state index contributed by atoms with van der Waals surface area (Å²) in [4.78, 5) is 30.2. The van der Waals surface area contributed by atoms with Crippen molar-refractivity contribution in [2.45, 2.75) is 26.7 Å². The smallest absolute Gasteiger partial charge is 0.355 e. The maximum atomic E-state index is 15.6. The van der Waals surface area contributed by atoms with Gasteiger partial charge in [0.1, 0.15) is 12.4 Å². The largest absolute Gasteiger partial charge is 0.458 e. The number of pyridine rings is 1. The quantitative estimate of drug-likeness (QED) is 0.111. The molecule has 6 rings (SSSR count). The van der Waals surface area contributed by atoms with E-state index in [9.17, 15) is 13.6 Å². The maximum absolute atomic E-state index is 15.6. The molecule has 0 radical (unpaired) electrons. The van der Waals surface area contributed by atoms with Crippen molar-refractivity contribution in [3.05, 3.63) is 89.6 Å². The number of anilines is 2. The zero-order chi connectivity index (χ0) is 28.8. The minimum atomic E-state index is -3.01. The molecule has 0 bridgehead atoms. The molecule has 2 aliphatic heterocycles. The van der Waals surface area contributed by atoms with Crippen LogP contribution in [-0.2, 0) is 20.1 Å². The average molecular weight is 785 g/mol. The minimum absolute atomic E-state index is 0.00276. The van der Waals surface area contributed by atoms with Gasteiger partial charge < -0.3 is 14.5 Å². The van der Waals surface area contributed by atoms with Gasteiger partial charge in [-0.05, 0) is 52.3 Å². The summed E-state index contributed by atoms with van der Waals surface area (Å²) in [6.07, 6.45) is 2.32. The number of hydrogen-bond donors (Lipinski definition) is 0. The molecule has 4 heterocycles. The van der Waals surface area contributed by atoms with Crippen LogP contribution in [0, 0.1) is 5.92 Å². The predicted octanol–water partition coefficient (Wildman–Crippen LogP) is 6.74. The standard InChI is InChI=1S/C29H24F3I2N5O2/c30-28(33,26(40)41-17-18-7-2-1-3-8-18)19-15-38(16-19)27-36-24-21(10-6-13-35-24)25(37-27)39-14-12-23(39)20-9-4-5-11-22(20)29(31,32)34/h1-11,13,19,23H,12,14-17H2. The Balaban J connectivity index is 1.22. The number of alkyl halides is 5. The van der Waals surface area contributed by atoms with E-state index < -0.39 is 19.5 Å². The molecule has 2 aromatic carbocycles. The fraction of sp³-hybridized carbons (Fsp3) is 0.310. The molecule has 2 aliphatic rings. The van der Waals surface area contributed by atoms with Gasteiger partial charge in [0.25, 0.3) is 3.68 Å². The molecule has 0 amide bonds. The third-order valence-electron chi connectivity index (χ3n) is 7.52. The van der Waals surface area contributed by atoms with E-state index in [4.69, 9.17) is 9.72 Å². The molecule has 4 aromatic rings. The van der Waals surface area contributed by atoms with Crippen molar-refractivity contribution >= 4 is 74.0 Å². The van der Waals surface area contributed by atoms with Gasteiger partial charge >= 0.3 is 9.90 Å². The number of esters is 1. The van der Waals surface area contributed by atoms with E-state index >= 15 is 4.39 Å². The van der Waals surface area contributed by atoms with Crippen molar-refractivity contribution in [3.8, 4) is 0 Å². The Kier molecular flexibility index (Phi) is 7.72. The topological polar surface area (TPSA) is 71.5 Å². The summed E-state index contributed by atoms with van der Waals surface area (Å²) >= 11 is 2.69. The highest BCUT2D eigenvalue weighted by atomic mass is 127. The molecular formula is C29H24F3I2N5O2. The zero-order valence-corrected chi connectivity index (χ0v) is 25.9. The highest BCUT2D eigenvalue weighted by Crippen LogP contribution is 2.46. The second-order valence-corrected chi connectivity index (χ2v) is 13.0. The Hall–Kier alpha value is -2.75. The lowest BCUT2D eigenvalue weighted by Crippen LogP contribution is -2.57. The zero-order valence-electron chi connectivity index (χ0n) is 21.6. The van der Waals surface area contributed by atoms with Crippen LogP contribution in [0.5, 0.6) is 0 Å². The summed E-state index contributed by atoms with van der Waals surface area (Å²) in [5.74, 6) is -0.590. The first kappa shape index (κ1) is 28.4. The third-order valence-corrected chi connectivity index (χ3v) is 9.42. The molecule has 2 saturated heterocycles. The van der Waals surface area contributed by atoms with Crippen LogP contribution in [-0.4, -0.2) is 44.2 Å². The highest BCUT2D eigenvalue weighted by Gasteiger charge is 2.52. The van der Waals surface area contributed by atoms with Crippen molar-refractivity contribution in [1.29, 1.82) is 0 Å². The highest BCUT2D eigenvalue weighted by molar-refractivity contribution is 14.1. The van der Waals surface area contributed by atoms with Crippen LogP contribution < -0.4 is 9.80 Å². The molecule has 7 nitrogen and oxygen atoms in total. The first-order valence-corrected chi connectivity index (χ1v) is 15.2. The van der Waals surface area contributed by atoms with E-state index in [0.717, 1.165) is 5.56 Å². The van der Waals surface area contributed by atoms with E-state index in [2.05, 4.69) is 9.97 Å². The second kappa shape index (κ2) is 11.2. The number of rotatable bonds is 8. The number of aromatic nitrogens is 3. The van der Waals surface area contributed by atoms with E-state index in [1.807, 2.05) is 41.3 Å². The van der Waals surface area contributed by atoms with Crippen LogP contribution in [0.3, 0.4) is 0 Å². The van der Waals surface area contributed by atoms with Gasteiger partial charge in [0, 0.05) is 59.9 Å². The van der Waals surface area contributed by atoms with Crippen molar-refractivity contribution in [2.75, 3.05) is 29.4 Å². The SMILES string of the molecule is O=C(OCc1ccccc1)C(F)(I)C1CN(c2nc(N3CCC3c3ccccc3C(F)(F)I)c3cccnc3n2)C1. The first-order valence-electron chi connectivity index (χ1n) is 13.0. The molecule has 0 spiro atoms. The van der Waals surface area contributed by atoms with Crippen LogP contribution in [0.25, 0.3) is 11.0 Å². The average Bonchev–Trinajstić information content (AvgIpc) is 2.90. The molecule has 2 atom stereocenters. The molecule has 41 heavy (non-hydrogen) atoms. The molecule has 0 saturated carbocycles. The van der Waals surface area contributed by atoms with Crippen LogP contribution in [0.2, 0.25) is 0 Å². The van der Waals surface area contributed by atoms with Gasteiger partial charge in [-0.25, -0.2) is 14.2 Å². The van der Waals surface area contributed by atoms with Gasteiger partial charge in [0.05, 0.1) is 11.4 Å². The Morgan fingerprint density at radius 1 is 0.976 bits per heavy atom. The van der Waals surface area contributed by atoms with Gasteiger partial charge in [-0.2, -0.15) is 18.7 Å². The number of halogens is 5. The molecule has 0 aliphatic carbocycles. The van der Waals surface area contributed by atoms with Gasteiger partial charge in [0.2, 0.25) is 5.95 Å². The predicted molar refractivity (Wildman–Crippen MR) is 166 cm³/mol. The Morgan fingerprint density at radius 2 is 1.71 bits per heavy atom. The fourth-order valence-corrected chi connectivity index (χ4v) is 6.20. The lowest BCUT2D eigenvalue weighted by Gasteiger charge is -2.45. The summed E-state index contributed by atoms with van der Waals surface area (Å²) in [5.41, 5.74) is 1.78. The fourth-order valence-electron chi connectivity index (χ4n) is 5.16. The van der Waals surface area contributed by atoms with Crippen molar-refractivity contribution < 1.29 is 22.7 Å². The van der Waals surface area contributed by atoms with Gasteiger partial charge in [0.15, 0.2) is 5.65 Å². The number of ether oxygens (including phenoxy) is 1. The molecular weight excluding hydrogens is 761 g/mol. The molecule has 0 N–H and O–H groups in total. The number of benzene rings is 2. The molecule has 12 heteroatoms. The summed E-state index contributed by atoms with van der Waals surface area (Å²) in [7, 11) is 0. The molecule has 2 unspecified atom stereocenters. The second-order valence-electron chi connectivity index (χ2n) is 10.1. The normalized spacial score (nSPS) is 18.9. The molecule has 2 fully saturated rings. The Bertz CT molecular complexity index is 1580. The summed E-state index contributed by atoms with van der Waals surface area (Å²) in [6.45, 7) is 1.05. The summed E-state index contributed by atoms with van der Waals surface area (Å²) < 4.78 is 44.5. The van der Waals surface area contributed by atoms with Gasteiger partial charge in [-0.15, -0.1) is 0 Å². The lowest BCUT2D eigenvalue weighted by molar-refractivity contribution is -0.155. The van der Waals surface area contributed by atoms with Crippen LogP contribution in [0.15, 0.2) is 72.9 Å². The Labute approximate surface area is 261 Å². The number of fused-ring (bicyclic) bond motifs is 1. The number of carbonyl (C=O) groups excluding carboxylic acids is 1. The monoisotopic (exact) mass is 785 g/mol. The van der Waals surface area contributed by atoms with Crippen molar-refractivity contribution in [2.24, 2.45) is 5.92 Å². The summed E-state index contributed by atoms with van der Waals surface area (Å²) in [6, 6.07) is 19.1. The molecule has 2 aromatic heterocycles. The summed E-state index contributed by atoms with van der Waals surface area (Å²) in [5, 5.41) is 0.704. The molecule has 212 valence electrons. The van der Waals surface area contributed by atoms with Crippen molar-refractivity contribution in [1.82, 2.24) is 15.0 Å². The van der Waals surface area contributed by atoms with Crippen LogP contribution in [0.1, 0.15) is 29.2 Å². The van der Waals surface area contributed by atoms with Gasteiger partial charge in [-0.1, -0.05) is 54.6 Å². The number of nitrogens with zero attached hydrogens (tertiary/aromatic N) is 5. The van der Waals surface area contributed by atoms with Crippen molar-refractivity contribution in [3.63, 3.8) is 0 Å².